The molecule has 0 aliphatic heterocycles. The molecule has 3 amide bonds. The summed E-state index contributed by atoms with van der Waals surface area (Å²) in [6.07, 6.45) is 3.80. The van der Waals surface area contributed by atoms with Gasteiger partial charge in [0.05, 0.1) is 10.5 Å². The Labute approximate surface area is 142 Å². The van der Waals surface area contributed by atoms with Crippen LogP contribution in [-0.4, -0.2) is 35.5 Å². The number of ether oxygens (including phenoxy) is 1. The standard InChI is InChI=1S/C15H18N4O6/c16-11-6-5-9(7-12(11)19(23)24)14(21)25-8-13(20)18-15(22)17-10-3-1-2-4-10/h5-7,10H,1-4,8,16H2,(H2,17,18,20,22). The fourth-order valence-corrected chi connectivity index (χ4v) is 2.50. The second-order valence-corrected chi connectivity index (χ2v) is 5.61. The summed E-state index contributed by atoms with van der Waals surface area (Å²) in [4.78, 5) is 45.1. The Balaban J connectivity index is 1.82. The van der Waals surface area contributed by atoms with Crippen LogP contribution in [0.1, 0.15) is 36.0 Å². The number of carbonyl (C=O) groups excluding carboxylic acids is 3. The highest BCUT2D eigenvalue weighted by Gasteiger charge is 2.20. The van der Waals surface area contributed by atoms with Gasteiger partial charge in [-0.1, -0.05) is 12.8 Å². The summed E-state index contributed by atoms with van der Waals surface area (Å²) < 4.78 is 4.74. The van der Waals surface area contributed by atoms with E-state index >= 15 is 0 Å². The summed E-state index contributed by atoms with van der Waals surface area (Å²) in [5.74, 6) is -1.73. The number of hydrogen-bond acceptors (Lipinski definition) is 7. The molecule has 1 aliphatic carbocycles. The lowest BCUT2D eigenvalue weighted by atomic mass is 10.2. The molecular formula is C15H18N4O6. The number of urea groups is 1. The first kappa shape index (κ1) is 18.2. The minimum absolute atomic E-state index is 0.0469. The fourth-order valence-electron chi connectivity index (χ4n) is 2.50. The summed E-state index contributed by atoms with van der Waals surface area (Å²) >= 11 is 0. The second-order valence-electron chi connectivity index (χ2n) is 5.61. The van der Waals surface area contributed by atoms with Crippen LogP contribution in [0.25, 0.3) is 0 Å². The average molecular weight is 350 g/mol. The molecule has 0 radical (unpaired) electrons. The van der Waals surface area contributed by atoms with Crippen LogP contribution in [-0.2, 0) is 9.53 Å². The number of rotatable bonds is 5. The van der Waals surface area contributed by atoms with Gasteiger partial charge in [-0.15, -0.1) is 0 Å². The van der Waals surface area contributed by atoms with E-state index in [2.05, 4.69) is 10.6 Å². The van der Waals surface area contributed by atoms with Crippen molar-refractivity contribution in [3.05, 3.63) is 33.9 Å². The fraction of sp³-hybridized carbons (Fsp3) is 0.400. The van der Waals surface area contributed by atoms with Gasteiger partial charge >= 0.3 is 12.0 Å². The van der Waals surface area contributed by atoms with Gasteiger partial charge in [0.25, 0.3) is 11.6 Å². The van der Waals surface area contributed by atoms with E-state index in [1.165, 1.54) is 12.1 Å². The molecule has 0 spiro atoms. The largest absolute Gasteiger partial charge is 0.452 e. The Morgan fingerprint density at radius 1 is 1.28 bits per heavy atom. The number of nitro groups is 1. The molecule has 1 aromatic carbocycles. The van der Waals surface area contributed by atoms with E-state index in [1.807, 2.05) is 0 Å². The third-order valence-electron chi connectivity index (χ3n) is 3.74. The zero-order valence-electron chi connectivity index (χ0n) is 13.3. The van der Waals surface area contributed by atoms with E-state index in [1.54, 1.807) is 0 Å². The van der Waals surface area contributed by atoms with Gasteiger partial charge in [0.2, 0.25) is 0 Å². The lowest BCUT2D eigenvalue weighted by Crippen LogP contribution is -2.44. The van der Waals surface area contributed by atoms with Gasteiger partial charge < -0.3 is 15.8 Å². The van der Waals surface area contributed by atoms with Gasteiger partial charge in [-0.25, -0.2) is 9.59 Å². The zero-order chi connectivity index (χ0) is 18.4. The Kier molecular flexibility index (Phi) is 5.88. The van der Waals surface area contributed by atoms with E-state index in [-0.39, 0.29) is 17.3 Å². The third-order valence-corrected chi connectivity index (χ3v) is 3.74. The molecule has 1 saturated carbocycles. The molecule has 0 unspecified atom stereocenters. The highest BCUT2D eigenvalue weighted by molar-refractivity contribution is 5.97. The molecule has 0 atom stereocenters. The summed E-state index contributed by atoms with van der Waals surface area (Å²) in [5, 5.41) is 15.5. The van der Waals surface area contributed by atoms with Gasteiger partial charge in [0, 0.05) is 12.1 Å². The molecule has 2 rings (SSSR count). The number of nitrogens with zero attached hydrogens (tertiary/aromatic N) is 1. The number of esters is 1. The van der Waals surface area contributed by atoms with Crippen LogP contribution in [0.5, 0.6) is 0 Å². The molecule has 25 heavy (non-hydrogen) atoms. The molecule has 134 valence electrons. The maximum atomic E-state index is 11.8. The number of nitro benzene ring substituents is 1. The van der Waals surface area contributed by atoms with Gasteiger partial charge in [-0.2, -0.15) is 0 Å². The predicted octanol–water partition coefficient (Wildman–Crippen LogP) is 1.10. The lowest BCUT2D eigenvalue weighted by molar-refractivity contribution is -0.383. The predicted molar refractivity (Wildman–Crippen MR) is 86.7 cm³/mol. The summed E-state index contributed by atoms with van der Waals surface area (Å²) in [7, 11) is 0. The molecule has 0 saturated heterocycles. The van der Waals surface area contributed by atoms with E-state index in [0.717, 1.165) is 31.7 Å². The molecule has 1 aliphatic rings. The number of hydrogen-bond donors (Lipinski definition) is 3. The number of nitrogens with one attached hydrogen (secondary N) is 2. The molecule has 10 nitrogen and oxygen atoms in total. The number of anilines is 1. The Bertz CT molecular complexity index is 699. The van der Waals surface area contributed by atoms with Crippen LogP contribution in [0.2, 0.25) is 0 Å². The monoisotopic (exact) mass is 350 g/mol. The van der Waals surface area contributed by atoms with Crippen LogP contribution < -0.4 is 16.4 Å². The van der Waals surface area contributed by atoms with Crippen LogP contribution in [0.15, 0.2) is 18.2 Å². The number of nitrogen functional groups attached to an aromatic ring is 1. The first-order valence-corrected chi connectivity index (χ1v) is 7.68. The molecule has 0 aromatic heterocycles. The quantitative estimate of drug-likeness (QED) is 0.311. The molecule has 4 N–H and O–H groups in total. The number of nitrogens with two attached hydrogens (primary N) is 1. The molecule has 0 bridgehead atoms. The van der Waals surface area contributed by atoms with Crippen LogP contribution >= 0.6 is 0 Å². The van der Waals surface area contributed by atoms with Crippen molar-refractivity contribution in [2.45, 2.75) is 31.7 Å². The van der Waals surface area contributed by atoms with Crippen molar-refractivity contribution in [1.82, 2.24) is 10.6 Å². The minimum Gasteiger partial charge on any atom is -0.452 e. The smallest absolute Gasteiger partial charge is 0.338 e. The SMILES string of the molecule is Nc1ccc(C(=O)OCC(=O)NC(=O)NC2CCCC2)cc1[N+](=O)[O-]. The average Bonchev–Trinajstić information content (AvgIpc) is 3.05. The van der Waals surface area contributed by atoms with Crippen molar-refractivity contribution >= 4 is 29.3 Å². The highest BCUT2D eigenvalue weighted by Crippen LogP contribution is 2.22. The summed E-state index contributed by atoms with van der Waals surface area (Å²) in [6, 6.07) is 2.81. The van der Waals surface area contributed by atoms with Crippen molar-refractivity contribution in [1.29, 1.82) is 0 Å². The lowest BCUT2D eigenvalue weighted by Gasteiger charge is -2.12. The van der Waals surface area contributed by atoms with Crippen LogP contribution in [0.3, 0.4) is 0 Å². The Morgan fingerprint density at radius 2 is 1.96 bits per heavy atom. The van der Waals surface area contributed by atoms with E-state index < -0.39 is 35.1 Å². The minimum atomic E-state index is -0.936. The van der Waals surface area contributed by atoms with Gasteiger partial charge in [0.15, 0.2) is 6.61 Å². The Hall–Kier alpha value is -3.17. The van der Waals surface area contributed by atoms with Gasteiger partial charge in [-0.3, -0.25) is 20.2 Å². The van der Waals surface area contributed by atoms with Crippen molar-refractivity contribution in [2.75, 3.05) is 12.3 Å². The van der Waals surface area contributed by atoms with Crippen LogP contribution in [0, 0.1) is 10.1 Å². The van der Waals surface area contributed by atoms with E-state index in [4.69, 9.17) is 10.5 Å². The summed E-state index contributed by atoms with van der Waals surface area (Å²) in [6.45, 7) is -0.685. The van der Waals surface area contributed by atoms with E-state index in [0.29, 0.717) is 0 Å². The highest BCUT2D eigenvalue weighted by atomic mass is 16.6. The first-order chi connectivity index (χ1) is 11.9. The van der Waals surface area contributed by atoms with Crippen LogP contribution in [0.4, 0.5) is 16.2 Å². The number of imide groups is 1. The first-order valence-electron chi connectivity index (χ1n) is 7.68. The summed E-state index contributed by atoms with van der Waals surface area (Å²) in [5.41, 5.74) is 4.78. The number of carbonyl (C=O) groups is 3. The number of amides is 3. The molecule has 0 heterocycles. The van der Waals surface area contributed by atoms with E-state index in [9.17, 15) is 24.5 Å². The topological polar surface area (TPSA) is 154 Å². The second kappa shape index (κ2) is 8.08. The van der Waals surface area contributed by atoms with Gasteiger partial charge in [-0.05, 0) is 25.0 Å². The zero-order valence-corrected chi connectivity index (χ0v) is 13.3. The normalized spacial score (nSPS) is 13.9. The number of benzene rings is 1. The molecule has 1 aromatic rings. The van der Waals surface area contributed by atoms with Crippen molar-refractivity contribution in [3.63, 3.8) is 0 Å². The maximum absolute atomic E-state index is 11.8. The Morgan fingerprint density at radius 3 is 2.60 bits per heavy atom. The molecular weight excluding hydrogens is 332 g/mol. The van der Waals surface area contributed by atoms with Crippen molar-refractivity contribution < 1.29 is 24.0 Å². The third kappa shape index (κ3) is 5.16. The van der Waals surface area contributed by atoms with Crippen molar-refractivity contribution in [3.8, 4) is 0 Å². The van der Waals surface area contributed by atoms with Gasteiger partial charge in [0.1, 0.15) is 5.69 Å². The molecule has 1 fully saturated rings. The molecule has 10 heteroatoms. The maximum Gasteiger partial charge on any atom is 0.338 e. The van der Waals surface area contributed by atoms with Crippen molar-refractivity contribution in [2.24, 2.45) is 0 Å².